The molecule has 0 spiro atoms. The first-order valence-corrected chi connectivity index (χ1v) is 6.99. The summed E-state index contributed by atoms with van der Waals surface area (Å²) in [4.78, 5) is 15.1. The van der Waals surface area contributed by atoms with E-state index in [0.29, 0.717) is 19.1 Å². The molecule has 0 aromatic carbocycles. The van der Waals surface area contributed by atoms with E-state index >= 15 is 0 Å². The lowest BCUT2D eigenvalue weighted by atomic mass is 10.1. The van der Waals surface area contributed by atoms with Gasteiger partial charge in [-0.1, -0.05) is 25.7 Å². The summed E-state index contributed by atoms with van der Waals surface area (Å²) in [5.74, 6) is 0. The van der Waals surface area contributed by atoms with Gasteiger partial charge in [-0.15, -0.1) is 0 Å². The van der Waals surface area contributed by atoms with Gasteiger partial charge < -0.3 is 10.0 Å². The summed E-state index contributed by atoms with van der Waals surface area (Å²) in [5.41, 5.74) is 0. The van der Waals surface area contributed by atoms with Gasteiger partial charge in [0, 0.05) is 32.2 Å². The number of rotatable bonds is 1. The minimum atomic E-state index is -0.757. The van der Waals surface area contributed by atoms with Crippen LogP contribution in [-0.4, -0.2) is 53.2 Å². The molecule has 2 aliphatic rings. The third-order valence-electron chi connectivity index (χ3n) is 4.14. The Labute approximate surface area is 104 Å². The molecule has 1 aliphatic carbocycles. The molecule has 2 rings (SSSR count). The number of carbonyl (C=O) groups is 1. The van der Waals surface area contributed by atoms with E-state index in [2.05, 4.69) is 4.90 Å². The van der Waals surface area contributed by atoms with E-state index in [0.717, 1.165) is 19.5 Å². The zero-order chi connectivity index (χ0) is 12.1. The maximum Gasteiger partial charge on any atom is 0.407 e. The largest absolute Gasteiger partial charge is 0.465 e. The molecule has 0 aromatic heterocycles. The van der Waals surface area contributed by atoms with Gasteiger partial charge in [0.2, 0.25) is 0 Å². The van der Waals surface area contributed by atoms with Crippen LogP contribution in [0.4, 0.5) is 4.79 Å². The van der Waals surface area contributed by atoms with Crippen molar-refractivity contribution in [3.63, 3.8) is 0 Å². The molecule has 0 atom stereocenters. The summed E-state index contributed by atoms with van der Waals surface area (Å²) in [6.07, 6.45) is 8.32. The summed E-state index contributed by atoms with van der Waals surface area (Å²) < 4.78 is 0. The van der Waals surface area contributed by atoms with Crippen molar-refractivity contribution in [2.45, 2.75) is 51.0 Å². The third-order valence-corrected chi connectivity index (χ3v) is 4.14. The molecule has 1 heterocycles. The zero-order valence-electron chi connectivity index (χ0n) is 10.6. The average Bonchev–Trinajstić information content (AvgIpc) is 2.71. The normalized spacial score (nSPS) is 25.3. The Morgan fingerprint density at radius 3 is 2.24 bits per heavy atom. The van der Waals surface area contributed by atoms with Gasteiger partial charge in [0.15, 0.2) is 0 Å². The van der Waals surface area contributed by atoms with Crippen molar-refractivity contribution >= 4 is 6.09 Å². The Kier molecular flexibility index (Phi) is 4.66. The van der Waals surface area contributed by atoms with Crippen molar-refractivity contribution in [2.75, 3.05) is 26.2 Å². The molecule has 2 fully saturated rings. The molecule has 1 N–H and O–H groups in total. The highest BCUT2D eigenvalue weighted by molar-refractivity contribution is 5.64. The van der Waals surface area contributed by atoms with Crippen molar-refractivity contribution < 1.29 is 9.90 Å². The fraction of sp³-hybridized carbons (Fsp3) is 0.923. The Morgan fingerprint density at radius 1 is 0.882 bits per heavy atom. The van der Waals surface area contributed by atoms with E-state index in [1.54, 1.807) is 4.90 Å². The highest BCUT2D eigenvalue weighted by Gasteiger charge is 2.24. The van der Waals surface area contributed by atoms with Crippen molar-refractivity contribution in [1.82, 2.24) is 9.80 Å². The first-order chi connectivity index (χ1) is 8.27. The molecule has 0 unspecified atom stereocenters. The molecule has 1 aliphatic heterocycles. The molecule has 17 heavy (non-hydrogen) atoms. The Morgan fingerprint density at radius 2 is 1.59 bits per heavy atom. The Bertz CT molecular complexity index is 250. The number of amides is 1. The highest BCUT2D eigenvalue weighted by atomic mass is 16.4. The van der Waals surface area contributed by atoms with Gasteiger partial charge in [0.05, 0.1) is 0 Å². The van der Waals surface area contributed by atoms with Gasteiger partial charge in [-0.3, -0.25) is 4.90 Å². The van der Waals surface area contributed by atoms with Gasteiger partial charge in [-0.05, 0) is 19.3 Å². The molecule has 1 amide bonds. The highest BCUT2D eigenvalue weighted by Crippen LogP contribution is 2.22. The lowest BCUT2D eigenvalue weighted by molar-refractivity contribution is 0.142. The van der Waals surface area contributed by atoms with Crippen LogP contribution in [0.3, 0.4) is 0 Å². The van der Waals surface area contributed by atoms with Crippen LogP contribution in [0.5, 0.6) is 0 Å². The van der Waals surface area contributed by atoms with Crippen molar-refractivity contribution in [3.05, 3.63) is 0 Å². The van der Waals surface area contributed by atoms with Crippen LogP contribution in [0, 0.1) is 0 Å². The zero-order valence-corrected chi connectivity index (χ0v) is 10.6. The Balaban J connectivity index is 1.86. The number of carboxylic acid groups (broad SMARTS) is 1. The van der Waals surface area contributed by atoms with E-state index < -0.39 is 6.09 Å². The quantitative estimate of drug-likeness (QED) is 0.716. The molecular weight excluding hydrogens is 216 g/mol. The molecule has 0 bridgehead atoms. The molecule has 1 saturated heterocycles. The second-order valence-electron chi connectivity index (χ2n) is 5.30. The smallest absolute Gasteiger partial charge is 0.407 e. The predicted molar refractivity (Wildman–Crippen MR) is 67.3 cm³/mol. The topological polar surface area (TPSA) is 43.8 Å². The van der Waals surface area contributed by atoms with Crippen molar-refractivity contribution in [2.24, 2.45) is 0 Å². The maximum atomic E-state index is 11.0. The van der Waals surface area contributed by atoms with Crippen molar-refractivity contribution in [3.8, 4) is 0 Å². The second-order valence-corrected chi connectivity index (χ2v) is 5.30. The molecule has 1 saturated carbocycles. The van der Waals surface area contributed by atoms with E-state index in [1.807, 2.05) is 0 Å². The maximum absolute atomic E-state index is 11.0. The van der Waals surface area contributed by atoms with E-state index in [1.165, 1.54) is 38.5 Å². The lowest BCUT2D eigenvalue weighted by Crippen LogP contribution is -2.39. The van der Waals surface area contributed by atoms with Crippen LogP contribution >= 0.6 is 0 Å². The number of nitrogens with zero attached hydrogens (tertiary/aromatic N) is 2. The first kappa shape index (κ1) is 12.7. The summed E-state index contributed by atoms with van der Waals surface area (Å²) >= 11 is 0. The fourth-order valence-electron chi connectivity index (χ4n) is 3.12. The standard InChI is InChI=1S/C13H24N2O2/c16-13(17)15-9-5-8-14(10-11-15)12-6-3-1-2-4-7-12/h12H,1-11H2,(H,16,17). The molecule has 0 radical (unpaired) electrons. The predicted octanol–water partition coefficient (Wildman–Crippen LogP) is 2.39. The van der Waals surface area contributed by atoms with Crippen LogP contribution in [0.25, 0.3) is 0 Å². The SMILES string of the molecule is O=C(O)N1CCCN(C2CCCCCC2)CC1. The summed E-state index contributed by atoms with van der Waals surface area (Å²) in [6.45, 7) is 3.40. The average molecular weight is 240 g/mol. The second kappa shape index (κ2) is 6.24. The van der Waals surface area contributed by atoms with Gasteiger partial charge in [0.1, 0.15) is 0 Å². The van der Waals surface area contributed by atoms with Crippen LogP contribution in [-0.2, 0) is 0 Å². The monoisotopic (exact) mass is 240 g/mol. The number of hydrogen-bond acceptors (Lipinski definition) is 2. The van der Waals surface area contributed by atoms with Gasteiger partial charge in [-0.25, -0.2) is 4.79 Å². The molecule has 98 valence electrons. The lowest BCUT2D eigenvalue weighted by Gasteiger charge is -2.29. The minimum Gasteiger partial charge on any atom is -0.465 e. The summed E-state index contributed by atoms with van der Waals surface area (Å²) in [7, 11) is 0. The molecule has 0 aromatic rings. The molecule has 4 heteroatoms. The van der Waals surface area contributed by atoms with Gasteiger partial charge >= 0.3 is 6.09 Å². The molecule has 4 nitrogen and oxygen atoms in total. The summed E-state index contributed by atoms with van der Waals surface area (Å²) in [6, 6.07) is 0.714. The number of hydrogen-bond donors (Lipinski definition) is 1. The van der Waals surface area contributed by atoms with E-state index in [4.69, 9.17) is 5.11 Å². The fourth-order valence-corrected chi connectivity index (χ4v) is 3.12. The van der Waals surface area contributed by atoms with Gasteiger partial charge in [0.25, 0.3) is 0 Å². The van der Waals surface area contributed by atoms with Crippen LogP contribution in [0.1, 0.15) is 44.9 Å². The van der Waals surface area contributed by atoms with E-state index in [9.17, 15) is 4.79 Å². The minimum absolute atomic E-state index is 0.686. The van der Waals surface area contributed by atoms with Crippen molar-refractivity contribution in [1.29, 1.82) is 0 Å². The summed E-state index contributed by atoms with van der Waals surface area (Å²) in [5, 5.41) is 9.01. The first-order valence-electron chi connectivity index (χ1n) is 6.99. The Hall–Kier alpha value is -0.770. The van der Waals surface area contributed by atoms with Gasteiger partial charge in [-0.2, -0.15) is 0 Å². The van der Waals surface area contributed by atoms with Crippen LogP contribution < -0.4 is 0 Å². The van der Waals surface area contributed by atoms with E-state index in [-0.39, 0.29) is 0 Å². The van der Waals surface area contributed by atoms with Crippen LogP contribution in [0.15, 0.2) is 0 Å². The third kappa shape index (κ3) is 3.60. The molecular formula is C13H24N2O2. The van der Waals surface area contributed by atoms with Crippen LogP contribution in [0.2, 0.25) is 0 Å².